The molecule has 3 aromatic carbocycles. The number of benzene rings is 3. The molecule has 0 atom stereocenters. The summed E-state index contributed by atoms with van der Waals surface area (Å²) in [7, 11) is 1.59. The number of hydrogen-bond acceptors (Lipinski definition) is 4. The van der Waals surface area contributed by atoms with Crippen molar-refractivity contribution in [1.82, 2.24) is 0 Å². The molecular formula is C27H26N2O3. The summed E-state index contributed by atoms with van der Waals surface area (Å²) in [5, 5.41) is 3.24. The number of carbonyl (C=O) groups is 2. The molecule has 1 heterocycles. The number of rotatable bonds is 5. The fourth-order valence-electron chi connectivity index (χ4n) is 3.81. The van der Waals surface area contributed by atoms with Crippen molar-refractivity contribution in [3.8, 4) is 5.75 Å². The van der Waals surface area contributed by atoms with Gasteiger partial charge in [0, 0.05) is 5.69 Å². The van der Waals surface area contributed by atoms with E-state index in [1.54, 1.807) is 31.4 Å². The molecule has 0 aromatic heterocycles. The van der Waals surface area contributed by atoms with Gasteiger partial charge in [-0.2, -0.15) is 0 Å². The average molecular weight is 427 g/mol. The molecule has 5 heteroatoms. The average Bonchev–Trinajstić information content (AvgIpc) is 3.02. The van der Waals surface area contributed by atoms with Crippen LogP contribution in [0.25, 0.3) is 5.57 Å². The Morgan fingerprint density at radius 2 is 1.44 bits per heavy atom. The zero-order valence-corrected chi connectivity index (χ0v) is 18.9. The van der Waals surface area contributed by atoms with E-state index in [9.17, 15) is 9.59 Å². The van der Waals surface area contributed by atoms with E-state index in [1.165, 1.54) is 4.90 Å². The van der Waals surface area contributed by atoms with Crippen LogP contribution in [0.1, 0.15) is 27.8 Å². The van der Waals surface area contributed by atoms with Crippen LogP contribution in [0.3, 0.4) is 0 Å². The maximum atomic E-state index is 13.6. The molecule has 0 fully saturated rings. The first-order valence-electron chi connectivity index (χ1n) is 10.5. The Kier molecular flexibility index (Phi) is 5.57. The predicted octanol–water partition coefficient (Wildman–Crippen LogP) is 5.33. The van der Waals surface area contributed by atoms with E-state index in [4.69, 9.17) is 4.74 Å². The van der Waals surface area contributed by atoms with Gasteiger partial charge in [0.05, 0.1) is 18.4 Å². The molecule has 32 heavy (non-hydrogen) atoms. The minimum Gasteiger partial charge on any atom is -0.497 e. The van der Waals surface area contributed by atoms with E-state index >= 15 is 0 Å². The Balaban J connectivity index is 1.84. The molecule has 162 valence electrons. The first-order chi connectivity index (χ1) is 15.3. The van der Waals surface area contributed by atoms with Gasteiger partial charge in [-0.25, -0.2) is 4.90 Å². The van der Waals surface area contributed by atoms with Gasteiger partial charge in [0.15, 0.2) is 0 Å². The monoisotopic (exact) mass is 426 g/mol. The highest BCUT2D eigenvalue weighted by atomic mass is 16.5. The number of anilines is 2. The van der Waals surface area contributed by atoms with E-state index in [0.29, 0.717) is 22.6 Å². The van der Waals surface area contributed by atoms with Crippen LogP contribution in [0.4, 0.5) is 11.4 Å². The van der Waals surface area contributed by atoms with E-state index in [0.717, 1.165) is 27.9 Å². The minimum absolute atomic E-state index is 0.268. The number of nitrogens with one attached hydrogen (secondary N) is 1. The third-order valence-corrected chi connectivity index (χ3v) is 5.84. The van der Waals surface area contributed by atoms with Crippen LogP contribution in [0.5, 0.6) is 5.75 Å². The number of nitrogens with zero attached hydrogens (tertiary/aromatic N) is 1. The summed E-state index contributed by atoms with van der Waals surface area (Å²) in [6, 6.07) is 18.8. The number of hydrogen-bond donors (Lipinski definition) is 1. The molecule has 1 N–H and O–H groups in total. The topological polar surface area (TPSA) is 58.6 Å². The lowest BCUT2D eigenvalue weighted by Gasteiger charge is -2.18. The normalized spacial score (nSPS) is 13.7. The molecule has 5 nitrogen and oxygen atoms in total. The Bertz CT molecular complexity index is 1260. The van der Waals surface area contributed by atoms with Gasteiger partial charge >= 0.3 is 0 Å². The molecule has 0 saturated carbocycles. The number of ether oxygens (including phenoxy) is 1. The molecule has 0 radical (unpaired) electrons. The fourth-order valence-corrected chi connectivity index (χ4v) is 3.81. The molecule has 0 saturated heterocycles. The van der Waals surface area contributed by atoms with Crippen molar-refractivity contribution in [2.24, 2.45) is 0 Å². The number of amides is 2. The summed E-state index contributed by atoms with van der Waals surface area (Å²) in [5.74, 6) is -0.0332. The Hall–Kier alpha value is -3.86. The number of aryl methyl sites for hydroxylation is 4. The maximum absolute atomic E-state index is 13.6. The van der Waals surface area contributed by atoms with Gasteiger partial charge < -0.3 is 10.1 Å². The van der Waals surface area contributed by atoms with Crippen molar-refractivity contribution in [2.45, 2.75) is 27.7 Å². The van der Waals surface area contributed by atoms with Crippen LogP contribution >= 0.6 is 0 Å². The number of methoxy groups -OCH3 is 1. The van der Waals surface area contributed by atoms with Crippen molar-refractivity contribution in [3.05, 3.63) is 94.2 Å². The van der Waals surface area contributed by atoms with E-state index in [2.05, 4.69) is 5.32 Å². The highest BCUT2D eigenvalue weighted by molar-refractivity contribution is 6.46. The van der Waals surface area contributed by atoms with Crippen molar-refractivity contribution in [1.29, 1.82) is 0 Å². The molecule has 0 unspecified atom stereocenters. The van der Waals surface area contributed by atoms with Crippen LogP contribution in [0, 0.1) is 27.7 Å². The molecule has 0 spiro atoms. The lowest BCUT2D eigenvalue weighted by atomic mass is 10.0. The first-order valence-corrected chi connectivity index (χ1v) is 10.5. The highest BCUT2D eigenvalue weighted by Gasteiger charge is 2.40. The Morgan fingerprint density at radius 1 is 0.750 bits per heavy atom. The van der Waals surface area contributed by atoms with Crippen molar-refractivity contribution in [3.63, 3.8) is 0 Å². The molecule has 4 rings (SSSR count). The van der Waals surface area contributed by atoms with Crippen molar-refractivity contribution >= 4 is 28.8 Å². The lowest BCUT2D eigenvalue weighted by molar-refractivity contribution is -0.120. The van der Waals surface area contributed by atoms with Gasteiger partial charge in [-0.1, -0.05) is 30.3 Å². The van der Waals surface area contributed by atoms with E-state index in [-0.39, 0.29) is 17.5 Å². The quantitative estimate of drug-likeness (QED) is 0.561. The summed E-state index contributed by atoms with van der Waals surface area (Å²) in [6.07, 6.45) is 0. The molecule has 2 amide bonds. The summed E-state index contributed by atoms with van der Waals surface area (Å²) < 4.78 is 5.25. The lowest BCUT2D eigenvalue weighted by Crippen LogP contribution is -2.33. The molecule has 0 bridgehead atoms. The van der Waals surface area contributed by atoms with E-state index < -0.39 is 0 Å². The standard InChI is InChI=1S/C27H26N2O3/c1-16-6-7-18(3)23(14-16)29-26(30)24(20-9-12-22(32-5)13-10-20)25(27(29)31)28-21-11-8-17(2)19(4)15-21/h6-15,28H,1-5H3. The summed E-state index contributed by atoms with van der Waals surface area (Å²) in [4.78, 5) is 28.5. The highest BCUT2D eigenvalue weighted by Crippen LogP contribution is 2.36. The number of carbonyl (C=O) groups excluding carboxylic acids is 2. The fraction of sp³-hybridized carbons (Fsp3) is 0.185. The van der Waals surface area contributed by atoms with Crippen LogP contribution in [0.2, 0.25) is 0 Å². The Labute approximate surface area is 188 Å². The molecule has 3 aromatic rings. The predicted molar refractivity (Wildman–Crippen MR) is 128 cm³/mol. The van der Waals surface area contributed by atoms with Crippen LogP contribution in [0.15, 0.2) is 66.4 Å². The second-order valence-electron chi connectivity index (χ2n) is 8.14. The summed E-state index contributed by atoms with van der Waals surface area (Å²) >= 11 is 0. The van der Waals surface area contributed by atoms with Gasteiger partial charge in [0.25, 0.3) is 11.8 Å². The largest absolute Gasteiger partial charge is 0.497 e. The molecule has 1 aliphatic heterocycles. The zero-order chi connectivity index (χ0) is 23.0. The third-order valence-electron chi connectivity index (χ3n) is 5.84. The van der Waals surface area contributed by atoms with Crippen LogP contribution in [-0.4, -0.2) is 18.9 Å². The van der Waals surface area contributed by atoms with Gasteiger partial charge in [-0.15, -0.1) is 0 Å². The molecule has 0 aliphatic carbocycles. The smallest absolute Gasteiger partial charge is 0.282 e. The number of imide groups is 1. The summed E-state index contributed by atoms with van der Waals surface area (Å²) in [5.41, 5.74) is 6.73. The van der Waals surface area contributed by atoms with Crippen molar-refractivity contribution < 1.29 is 14.3 Å². The first kappa shape index (κ1) is 21.4. The van der Waals surface area contributed by atoms with Crippen molar-refractivity contribution in [2.75, 3.05) is 17.3 Å². The zero-order valence-electron chi connectivity index (χ0n) is 18.9. The van der Waals surface area contributed by atoms with Crippen LogP contribution < -0.4 is 15.0 Å². The molecule has 1 aliphatic rings. The van der Waals surface area contributed by atoms with Crippen LogP contribution in [-0.2, 0) is 9.59 Å². The second-order valence-corrected chi connectivity index (χ2v) is 8.14. The third kappa shape index (κ3) is 3.78. The van der Waals surface area contributed by atoms with E-state index in [1.807, 2.05) is 64.1 Å². The van der Waals surface area contributed by atoms with Gasteiger partial charge in [-0.05, 0) is 85.8 Å². The SMILES string of the molecule is COc1ccc(C2=C(Nc3ccc(C)c(C)c3)C(=O)N(c3cc(C)ccc3C)C2=O)cc1. The Morgan fingerprint density at radius 3 is 2.09 bits per heavy atom. The molecular weight excluding hydrogens is 400 g/mol. The van der Waals surface area contributed by atoms with Gasteiger partial charge in [-0.3, -0.25) is 9.59 Å². The second kappa shape index (κ2) is 8.35. The maximum Gasteiger partial charge on any atom is 0.282 e. The minimum atomic E-state index is -0.368. The summed E-state index contributed by atoms with van der Waals surface area (Å²) in [6.45, 7) is 7.90. The van der Waals surface area contributed by atoms with Gasteiger partial charge in [0.2, 0.25) is 0 Å². The van der Waals surface area contributed by atoms with Gasteiger partial charge in [0.1, 0.15) is 11.4 Å².